The Morgan fingerprint density at radius 1 is 0.603 bits per heavy atom. The van der Waals surface area contributed by atoms with Crippen molar-refractivity contribution in [2.75, 3.05) is 13.1 Å². The summed E-state index contributed by atoms with van der Waals surface area (Å²) < 4.78 is 168. The number of benzene rings is 2. The summed E-state index contributed by atoms with van der Waals surface area (Å²) in [4.78, 5) is 12.9. The Hall–Kier alpha value is -2.20. The van der Waals surface area contributed by atoms with Gasteiger partial charge in [-0.1, -0.05) is 37.6 Å². The summed E-state index contributed by atoms with van der Waals surface area (Å²) in [5, 5.41) is 0. The van der Waals surface area contributed by atoms with Gasteiger partial charge in [-0.25, -0.2) is 0 Å². The Balaban J connectivity index is 0.00000207. The van der Waals surface area contributed by atoms with Crippen molar-refractivity contribution in [2.24, 2.45) is 0 Å². The van der Waals surface area contributed by atoms with Crippen molar-refractivity contribution in [2.45, 2.75) is 95.3 Å². The van der Waals surface area contributed by atoms with E-state index in [0.717, 1.165) is 50.2 Å². The molecule has 0 bridgehead atoms. The molecule has 0 spiro atoms. The van der Waals surface area contributed by atoms with E-state index in [1.54, 1.807) is 6.92 Å². The number of alkyl halides is 12. The van der Waals surface area contributed by atoms with E-state index >= 15 is 0 Å². The molecule has 318 valence electrons. The van der Waals surface area contributed by atoms with E-state index in [1.165, 1.54) is 32.7 Å². The SMILES string of the molecule is CCCc1ccc(C(F)(F)F)c(-c2ccc(CN3CCCC3C3CCCN3Cc3ccc(-c4c(C(F)(F)F)cccc4C(F)(F)F)cn3)nc2)c1C(F)(F)F.[I][Fe][I]. The third-order valence-corrected chi connectivity index (χ3v) is 10.3. The summed E-state index contributed by atoms with van der Waals surface area (Å²) in [6.45, 7) is 3.55. The summed E-state index contributed by atoms with van der Waals surface area (Å²) in [7, 11) is 1.19. The molecular formula is C39H36F12FeI2N4. The minimum absolute atomic E-state index is 0.00986. The second kappa shape index (κ2) is 19.2. The maximum atomic E-state index is 14.3. The molecule has 4 aromatic rings. The van der Waals surface area contributed by atoms with Gasteiger partial charge in [-0.15, -0.1) is 0 Å². The van der Waals surface area contributed by atoms with Crippen LogP contribution >= 0.6 is 40.7 Å². The van der Waals surface area contributed by atoms with Crippen LogP contribution in [0.15, 0.2) is 67.0 Å². The van der Waals surface area contributed by atoms with Gasteiger partial charge in [-0.05, 0) is 81.1 Å². The summed E-state index contributed by atoms with van der Waals surface area (Å²) in [5.74, 6) is 0. The molecule has 0 amide bonds. The van der Waals surface area contributed by atoms with E-state index in [-0.39, 0.29) is 48.3 Å². The van der Waals surface area contributed by atoms with Gasteiger partial charge in [0.15, 0.2) is 0 Å². The Kier molecular flexibility index (Phi) is 15.5. The topological polar surface area (TPSA) is 32.3 Å². The molecule has 2 fully saturated rings. The normalized spacial score (nSPS) is 18.5. The first kappa shape index (κ1) is 46.9. The van der Waals surface area contributed by atoms with E-state index in [0.29, 0.717) is 49.1 Å². The Bertz CT molecular complexity index is 1950. The van der Waals surface area contributed by atoms with E-state index in [1.807, 2.05) is 0 Å². The Labute approximate surface area is 356 Å². The van der Waals surface area contributed by atoms with Gasteiger partial charge in [-0.3, -0.25) is 19.8 Å². The van der Waals surface area contributed by atoms with Crippen LogP contribution in [-0.4, -0.2) is 44.9 Å². The zero-order chi connectivity index (χ0) is 42.6. The number of hydrogen-bond acceptors (Lipinski definition) is 4. The molecule has 2 aliphatic heterocycles. The average molecular weight is 1100 g/mol. The zero-order valence-corrected chi connectivity index (χ0v) is 35.9. The van der Waals surface area contributed by atoms with Gasteiger partial charge in [-0.2, -0.15) is 52.7 Å². The standard InChI is InChI=1S/C39H36F12N4.Fe.2HI/c1-2-6-23-13-16-30(38(46,47)48)34(35(23)39(49,50)51)25-12-15-27(53-20-25)22-55-18-5-10-32(55)31-9-4-17-54(31)21-26-14-11-24(19-52-26)33-28(36(40,41)42)7-3-8-29(33)37(43,44)45;;;/h3,7-8,11-16,19-20,31-32H,2,4-6,9-10,17-18,21-22H2,1H3;;2*1H/q;+2;;/p-2. The van der Waals surface area contributed by atoms with Crippen molar-refractivity contribution in [1.29, 1.82) is 0 Å². The van der Waals surface area contributed by atoms with Crippen LogP contribution in [0, 0.1) is 0 Å². The van der Waals surface area contributed by atoms with Crippen molar-refractivity contribution < 1.29 is 61.1 Å². The second-order valence-corrected chi connectivity index (χ2v) is 23.3. The molecule has 58 heavy (non-hydrogen) atoms. The summed E-state index contributed by atoms with van der Waals surface area (Å²) in [5.41, 5.74) is -7.41. The van der Waals surface area contributed by atoms with Crippen molar-refractivity contribution >= 4 is 40.7 Å². The molecule has 4 heterocycles. The number of likely N-dealkylation sites (tertiary alicyclic amines) is 2. The van der Waals surface area contributed by atoms with Gasteiger partial charge < -0.3 is 0 Å². The van der Waals surface area contributed by atoms with Crippen LogP contribution < -0.4 is 0 Å². The van der Waals surface area contributed by atoms with Gasteiger partial charge >= 0.3 is 73.9 Å². The molecular weight excluding hydrogens is 1060 g/mol. The molecule has 0 aliphatic carbocycles. The van der Waals surface area contributed by atoms with Crippen LogP contribution in [0.4, 0.5) is 52.7 Å². The fourth-order valence-electron chi connectivity index (χ4n) is 8.04. The second-order valence-electron chi connectivity index (χ2n) is 14.0. The van der Waals surface area contributed by atoms with Crippen LogP contribution in [0.25, 0.3) is 22.3 Å². The number of aromatic nitrogens is 2. The quantitative estimate of drug-likeness (QED) is 0.0950. The predicted octanol–water partition coefficient (Wildman–Crippen LogP) is 13.2. The van der Waals surface area contributed by atoms with E-state index in [4.69, 9.17) is 0 Å². The molecule has 2 unspecified atom stereocenters. The van der Waals surface area contributed by atoms with Gasteiger partial charge in [0.05, 0.1) is 33.6 Å². The van der Waals surface area contributed by atoms with Gasteiger partial charge in [0, 0.05) is 59.8 Å². The molecule has 6 rings (SSSR count). The Morgan fingerprint density at radius 3 is 1.41 bits per heavy atom. The monoisotopic (exact) mass is 1100 g/mol. The third-order valence-electron chi connectivity index (χ3n) is 10.3. The van der Waals surface area contributed by atoms with E-state index in [2.05, 4.69) is 60.5 Å². The average Bonchev–Trinajstić information content (AvgIpc) is 3.79. The molecule has 0 N–H and O–H groups in total. The number of nitrogens with zero attached hydrogens (tertiary/aromatic N) is 4. The van der Waals surface area contributed by atoms with Gasteiger partial charge in [0.25, 0.3) is 0 Å². The summed E-state index contributed by atoms with van der Waals surface area (Å²) >= 11 is 4.55. The van der Waals surface area contributed by atoms with Crippen molar-refractivity contribution in [1.82, 2.24) is 19.8 Å². The molecule has 2 atom stereocenters. The first-order valence-corrected chi connectivity index (χ1v) is 25.1. The molecule has 2 aromatic carbocycles. The van der Waals surface area contributed by atoms with Crippen LogP contribution in [0.5, 0.6) is 0 Å². The fourth-order valence-corrected chi connectivity index (χ4v) is 8.04. The summed E-state index contributed by atoms with van der Waals surface area (Å²) in [6.07, 6.45) is -14.6. The molecule has 2 aromatic heterocycles. The summed E-state index contributed by atoms with van der Waals surface area (Å²) in [6, 6.07) is 8.82. The molecule has 0 radical (unpaired) electrons. The maximum absolute atomic E-state index is 14.3. The van der Waals surface area contributed by atoms with Gasteiger partial charge in [0.2, 0.25) is 0 Å². The number of rotatable bonds is 9. The van der Waals surface area contributed by atoms with Crippen LogP contribution in [0.2, 0.25) is 0 Å². The molecule has 4 nitrogen and oxygen atoms in total. The molecule has 0 saturated carbocycles. The minimum atomic E-state index is -5.04. The number of halogens is 14. The molecule has 2 aliphatic rings. The van der Waals surface area contributed by atoms with Crippen LogP contribution in [0.1, 0.15) is 78.2 Å². The number of hydrogen-bond donors (Lipinski definition) is 0. The third kappa shape index (κ3) is 11.2. The predicted molar refractivity (Wildman–Crippen MR) is 208 cm³/mol. The first-order valence-electron chi connectivity index (χ1n) is 18.0. The number of pyridine rings is 2. The van der Waals surface area contributed by atoms with E-state index < -0.39 is 58.1 Å². The fraction of sp³-hybridized carbons (Fsp3) is 0.436. The van der Waals surface area contributed by atoms with Crippen molar-refractivity contribution in [3.63, 3.8) is 0 Å². The Morgan fingerprint density at radius 2 is 1.03 bits per heavy atom. The van der Waals surface area contributed by atoms with Gasteiger partial charge in [0.1, 0.15) is 0 Å². The molecule has 19 heteroatoms. The first-order chi connectivity index (χ1) is 27.2. The van der Waals surface area contributed by atoms with Crippen LogP contribution in [0.3, 0.4) is 0 Å². The van der Waals surface area contributed by atoms with E-state index in [9.17, 15) is 52.7 Å². The van der Waals surface area contributed by atoms with Crippen molar-refractivity contribution in [3.8, 4) is 22.3 Å². The molecule has 2 saturated heterocycles. The zero-order valence-electron chi connectivity index (χ0n) is 30.5. The number of aryl methyl sites for hydroxylation is 1. The van der Waals surface area contributed by atoms with Crippen molar-refractivity contribution in [3.05, 3.63) is 106 Å². The van der Waals surface area contributed by atoms with Crippen LogP contribution in [-0.2, 0) is 52.7 Å².